The molecule has 77 heavy (non-hydrogen) atoms. The number of aliphatic hydroxyl groups is 1. The third-order valence-corrected chi connectivity index (χ3v) is 11.3. The molecule has 0 saturated heterocycles. The molecule has 0 saturated carbocycles. The van der Waals surface area contributed by atoms with Crippen LogP contribution in [0.2, 0.25) is 0 Å². The number of unbranched alkanes of at least 4 members (excludes halogenated alkanes) is 2. The highest BCUT2D eigenvalue weighted by atomic mass is 16.3. The van der Waals surface area contributed by atoms with Gasteiger partial charge in [0, 0.05) is 26.6 Å². The van der Waals surface area contributed by atoms with Crippen LogP contribution in [0.3, 0.4) is 0 Å². The number of primary amides is 1. The number of hydrogen-bond acceptors (Lipinski definition) is 16. The van der Waals surface area contributed by atoms with Crippen molar-refractivity contribution >= 4 is 77.0 Å². The summed E-state index contributed by atoms with van der Waals surface area (Å²) in [6.45, 7) is 5.58. The van der Waals surface area contributed by atoms with Gasteiger partial charge >= 0.3 is 0 Å². The molecule has 0 spiro atoms. The van der Waals surface area contributed by atoms with E-state index in [0.717, 1.165) is 0 Å². The van der Waals surface area contributed by atoms with Crippen LogP contribution in [0.5, 0.6) is 0 Å². The fraction of sp³-hybridized carbons (Fsp3) is 0.711. The van der Waals surface area contributed by atoms with Gasteiger partial charge in [-0.3, -0.25) is 62.9 Å². The summed E-state index contributed by atoms with van der Waals surface area (Å²) < 4.78 is 0. The van der Waals surface area contributed by atoms with E-state index >= 15 is 0 Å². The van der Waals surface area contributed by atoms with Crippen LogP contribution < -0.4 is 99.5 Å². The Hall–Kier alpha value is -7.61. The smallest absolute Gasteiger partial charge is 0.243 e. The third-order valence-electron chi connectivity index (χ3n) is 11.3. The molecule has 28 N–H and O–H groups in total. The first-order chi connectivity index (χ1) is 36.3. The van der Waals surface area contributed by atoms with Crippen LogP contribution in [-0.4, -0.2) is 176 Å². The summed E-state index contributed by atoms with van der Waals surface area (Å²) in [4.78, 5) is 144. The van der Waals surface area contributed by atoms with Crippen molar-refractivity contribution in [3.05, 3.63) is 0 Å². The van der Waals surface area contributed by atoms with Crippen LogP contribution >= 0.6 is 0 Å². The molecule has 0 heterocycles. The number of nitrogens with zero attached hydrogens (tertiary/aromatic N) is 3. The van der Waals surface area contributed by atoms with E-state index in [2.05, 4.69) is 62.8 Å². The fourth-order valence-corrected chi connectivity index (χ4v) is 7.10. The van der Waals surface area contributed by atoms with E-state index in [1.165, 1.54) is 20.8 Å². The van der Waals surface area contributed by atoms with Crippen molar-refractivity contribution in [3.8, 4) is 0 Å². The largest absolute Gasteiger partial charge is 0.391 e. The summed E-state index contributed by atoms with van der Waals surface area (Å²) in [5, 5.41) is 32.9. The molecule has 0 rings (SSSR count). The van der Waals surface area contributed by atoms with E-state index in [0.29, 0.717) is 25.7 Å². The van der Waals surface area contributed by atoms with Gasteiger partial charge in [0.05, 0.1) is 12.6 Å². The quantitative estimate of drug-likeness (QED) is 0.0154. The summed E-state index contributed by atoms with van der Waals surface area (Å²) in [7, 11) is 0. The van der Waals surface area contributed by atoms with Gasteiger partial charge in [0.1, 0.15) is 48.3 Å². The zero-order valence-electron chi connectivity index (χ0n) is 44.7. The number of carbonyl (C=O) groups excluding carboxylic acids is 10. The van der Waals surface area contributed by atoms with Crippen molar-refractivity contribution in [2.45, 2.75) is 166 Å². The highest BCUT2D eigenvalue weighted by molar-refractivity contribution is 5.98. The second kappa shape index (κ2) is 38.9. The van der Waals surface area contributed by atoms with Gasteiger partial charge in [-0.25, -0.2) is 0 Å². The molecule has 10 amide bonds. The summed E-state index contributed by atoms with van der Waals surface area (Å²) in [6, 6.07) is -10.7. The van der Waals surface area contributed by atoms with Gasteiger partial charge in [0.15, 0.2) is 17.9 Å². The Bertz CT molecular complexity index is 2010. The molecule has 32 nitrogen and oxygen atoms in total. The number of guanidine groups is 3. The number of amides is 10. The number of carbonyl (C=O) groups is 10. The molecule has 438 valence electrons. The zero-order valence-corrected chi connectivity index (χ0v) is 44.7. The van der Waals surface area contributed by atoms with Gasteiger partial charge in [-0.15, -0.1) is 0 Å². The summed E-state index contributed by atoms with van der Waals surface area (Å²) >= 11 is 0. The molecule has 0 aromatic heterocycles. The van der Waals surface area contributed by atoms with E-state index in [-0.39, 0.29) is 108 Å². The molecule has 0 aromatic rings. The van der Waals surface area contributed by atoms with Crippen LogP contribution in [0, 0.1) is 0 Å². The molecule has 0 bridgehead atoms. The maximum atomic E-state index is 14.3. The lowest BCUT2D eigenvalue weighted by atomic mass is 10.0. The van der Waals surface area contributed by atoms with Crippen molar-refractivity contribution < 1.29 is 53.1 Å². The Morgan fingerprint density at radius 2 is 0.753 bits per heavy atom. The lowest BCUT2D eigenvalue weighted by Crippen LogP contribution is -2.60. The molecule has 0 aliphatic carbocycles. The Labute approximate surface area is 448 Å². The molecular formula is C45H87N21O11. The van der Waals surface area contributed by atoms with Crippen LogP contribution in [0.15, 0.2) is 15.0 Å². The average molecular weight is 1100 g/mol. The van der Waals surface area contributed by atoms with Gasteiger partial charge in [0.25, 0.3) is 0 Å². The molecule has 32 heteroatoms. The first kappa shape index (κ1) is 69.4. The average Bonchev–Trinajstić information content (AvgIpc) is 3.35. The lowest BCUT2D eigenvalue weighted by molar-refractivity contribution is -0.136. The maximum absolute atomic E-state index is 14.3. The number of hydrogen-bond donors (Lipinski definition) is 19. The van der Waals surface area contributed by atoms with Gasteiger partial charge < -0.3 is 105 Å². The highest BCUT2D eigenvalue weighted by Crippen LogP contribution is 2.10. The maximum Gasteiger partial charge on any atom is 0.243 e. The fourth-order valence-electron chi connectivity index (χ4n) is 7.10. The van der Waals surface area contributed by atoms with Gasteiger partial charge in [-0.2, -0.15) is 0 Å². The molecule has 9 atom stereocenters. The Morgan fingerprint density at radius 3 is 1.05 bits per heavy atom. The van der Waals surface area contributed by atoms with E-state index in [1.807, 2.05) is 0 Å². The Balaban J connectivity index is 6.83. The number of nitrogens with one attached hydrogen (secondary N) is 9. The monoisotopic (exact) mass is 1100 g/mol. The van der Waals surface area contributed by atoms with Crippen molar-refractivity contribution in [1.29, 1.82) is 0 Å². The molecule has 0 aliphatic rings. The normalized spacial score (nSPS) is 14.3. The van der Waals surface area contributed by atoms with Gasteiger partial charge in [0.2, 0.25) is 59.1 Å². The van der Waals surface area contributed by atoms with E-state index < -0.39 is 120 Å². The zero-order chi connectivity index (χ0) is 58.6. The lowest BCUT2D eigenvalue weighted by Gasteiger charge is -2.28. The second-order valence-electron chi connectivity index (χ2n) is 18.0. The van der Waals surface area contributed by atoms with Gasteiger partial charge in [-0.05, 0) is 110 Å². The topological polar surface area (TPSA) is 570 Å². The molecular weight excluding hydrogens is 1010 g/mol. The van der Waals surface area contributed by atoms with E-state index in [4.69, 9.17) is 51.6 Å². The first-order valence-corrected chi connectivity index (χ1v) is 25.5. The first-order valence-electron chi connectivity index (χ1n) is 25.5. The van der Waals surface area contributed by atoms with Crippen molar-refractivity contribution in [2.24, 2.45) is 66.6 Å². The number of aliphatic hydroxyl groups excluding tert-OH is 1. The van der Waals surface area contributed by atoms with Gasteiger partial charge in [-0.1, -0.05) is 6.92 Å². The standard InChI is InChI=1S/C45H87N21O11/c1-5-27(60-38(73)30(15-10-20-55-43(49)50)61-36(71)24(2)59-33(69)23-58-26(4)68)37(72)62-31(16-11-21-56-44(51)52)41(76)64-28(13-6-8-18-46)39(74)63-29(14-7-9-19-47)40(75)65-32(17-12-22-57-45(53)54)42(77)66-34(25(3)67)35(48)70/h24-25,27-32,34,67H,5-23,46-47H2,1-4H3,(H2,48,70)(H,58,68)(H,59,69)(H,60,73)(H,61,71)(H,62,72)(H,63,74)(H,64,76)(H,65,75)(H,66,77)(H4,49,50,55)(H4,51,52,56)(H4,53,54,57)/t24-,25+,27-,28-,29-,30-,31-,32-,34-/m0/s1. The third kappa shape index (κ3) is 31.1. The Kier molecular flexibility index (Phi) is 35.0. The van der Waals surface area contributed by atoms with Crippen molar-refractivity contribution in [3.63, 3.8) is 0 Å². The predicted octanol–water partition coefficient (Wildman–Crippen LogP) is -8.28. The molecule has 0 aromatic carbocycles. The van der Waals surface area contributed by atoms with Crippen LogP contribution in [0.25, 0.3) is 0 Å². The number of rotatable bonds is 40. The van der Waals surface area contributed by atoms with E-state index in [1.54, 1.807) is 6.92 Å². The minimum absolute atomic E-state index is 0.00574. The molecule has 0 unspecified atom stereocenters. The van der Waals surface area contributed by atoms with Crippen LogP contribution in [0.1, 0.15) is 111 Å². The molecule has 0 aliphatic heterocycles. The summed E-state index contributed by atoms with van der Waals surface area (Å²) in [5.41, 5.74) is 49.7. The highest BCUT2D eigenvalue weighted by Gasteiger charge is 2.34. The molecule has 0 radical (unpaired) electrons. The molecule has 0 fully saturated rings. The van der Waals surface area contributed by atoms with Crippen molar-refractivity contribution in [2.75, 3.05) is 39.3 Å². The minimum Gasteiger partial charge on any atom is -0.391 e. The van der Waals surface area contributed by atoms with E-state index in [9.17, 15) is 53.1 Å². The summed E-state index contributed by atoms with van der Waals surface area (Å²) in [6.07, 6.45) is 0.393. The van der Waals surface area contributed by atoms with Crippen LogP contribution in [0.4, 0.5) is 0 Å². The summed E-state index contributed by atoms with van der Waals surface area (Å²) in [5.74, 6) is -8.67. The van der Waals surface area contributed by atoms with Crippen molar-refractivity contribution in [1.82, 2.24) is 47.9 Å². The Morgan fingerprint density at radius 1 is 0.442 bits per heavy atom. The minimum atomic E-state index is -1.52. The number of aliphatic imine (C=N–C) groups is 3. The number of nitrogens with two attached hydrogens (primary N) is 9. The predicted molar refractivity (Wildman–Crippen MR) is 287 cm³/mol. The SMILES string of the molecule is CC[C@H](NC(=O)[C@H](CCCN=C(N)N)NC(=O)[C@H](C)NC(=O)CNC(C)=O)C(=O)N[C@@H](CCCN=C(N)N)C(=O)N[C@@H](CCCCN)C(=O)N[C@@H](CCCCN)C(=O)N[C@@H](CCCN=C(N)N)C(=O)N[C@H](C(N)=O)[C@@H](C)O. The van der Waals surface area contributed by atoms with Crippen LogP contribution in [-0.2, 0) is 47.9 Å². The second-order valence-corrected chi connectivity index (χ2v) is 18.0.